The Morgan fingerprint density at radius 3 is 1.35 bits per heavy atom. The van der Waals surface area contributed by atoms with Crippen LogP contribution < -0.4 is 0 Å². The fraction of sp³-hybridized carbons (Fsp3) is 0.833. The normalized spacial score (nSPS) is 15.9. The van der Waals surface area contributed by atoms with E-state index in [0.717, 1.165) is 0 Å². The van der Waals surface area contributed by atoms with Crippen molar-refractivity contribution >= 4 is 15.2 Å². The van der Waals surface area contributed by atoms with Gasteiger partial charge in [-0.3, -0.25) is 9.13 Å². The van der Waals surface area contributed by atoms with Gasteiger partial charge in [0.1, 0.15) is 5.06 Å². The summed E-state index contributed by atoms with van der Waals surface area (Å²) in [5, 5.41) is -0.274. The summed E-state index contributed by atoms with van der Waals surface area (Å²) in [6.07, 6.45) is -1.16. The summed E-state index contributed by atoms with van der Waals surface area (Å²) in [4.78, 5) is 0. The van der Waals surface area contributed by atoms with Crippen LogP contribution in [0.4, 0.5) is 0 Å². The van der Waals surface area contributed by atoms with Crippen LogP contribution in [0.3, 0.4) is 0 Å². The van der Waals surface area contributed by atoms with E-state index in [-0.39, 0.29) is 23.4 Å². The zero-order valence-corrected chi connectivity index (χ0v) is 15.1. The van der Waals surface area contributed by atoms with Gasteiger partial charge in [-0.1, -0.05) is 6.58 Å². The first-order valence-corrected chi connectivity index (χ1v) is 9.56. The van der Waals surface area contributed by atoms with E-state index in [1.165, 1.54) is 7.11 Å². The van der Waals surface area contributed by atoms with Crippen molar-refractivity contribution in [3.05, 3.63) is 11.6 Å². The lowest BCUT2D eigenvalue weighted by atomic mass is 10.5. The summed E-state index contributed by atoms with van der Waals surface area (Å²) >= 11 is 0. The van der Waals surface area contributed by atoms with Crippen molar-refractivity contribution in [1.82, 2.24) is 0 Å². The van der Waals surface area contributed by atoms with Crippen LogP contribution in [0.2, 0.25) is 0 Å². The molecule has 120 valence electrons. The summed E-state index contributed by atoms with van der Waals surface area (Å²) < 4.78 is 46.3. The van der Waals surface area contributed by atoms with Gasteiger partial charge in [0.05, 0.1) is 18.3 Å². The molecular formula is C12H26O6P2. The zero-order valence-electron chi connectivity index (χ0n) is 13.3. The quantitative estimate of drug-likeness (QED) is 0.568. The van der Waals surface area contributed by atoms with Gasteiger partial charge in [0.25, 0.3) is 0 Å². The summed E-state index contributed by atoms with van der Waals surface area (Å²) in [5.74, 6) is 0. The highest BCUT2D eigenvalue weighted by molar-refractivity contribution is 7.78. The Labute approximate surface area is 121 Å². The van der Waals surface area contributed by atoms with Crippen molar-refractivity contribution in [1.29, 1.82) is 0 Å². The first kappa shape index (κ1) is 20.0. The Kier molecular flexibility index (Phi) is 7.90. The van der Waals surface area contributed by atoms with Crippen LogP contribution in [0.5, 0.6) is 0 Å². The SMILES string of the molecule is C=C(P(=O)(OC)OC(C)C)P(=O)(OC(C)C)OC(C)C. The molecule has 0 bridgehead atoms. The largest absolute Gasteiger partial charge is 0.369 e. The highest BCUT2D eigenvalue weighted by Gasteiger charge is 2.45. The van der Waals surface area contributed by atoms with Gasteiger partial charge in [0, 0.05) is 7.11 Å². The Bertz CT molecular complexity index is 402. The van der Waals surface area contributed by atoms with E-state index >= 15 is 0 Å². The van der Waals surface area contributed by atoms with E-state index < -0.39 is 15.2 Å². The molecule has 0 saturated heterocycles. The van der Waals surface area contributed by atoms with Crippen LogP contribution in [0.15, 0.2) is 11.6 Å². The minimum Gasteiger partial charge on any atom is -0.308 e. The molecule has 8 heteroatoms. The van der Waals surface area contributed by atoms with Gasteiger partial charge < -0.3 is 18.1 Å². The molecular weight excluding hydrogens is 302 g/mol. The second kappa shape index (κ2) is 7.88. The first-order chi connectivity index (χ1) is 8.96. The van der Waals surface area contributed by atoms with E-state index in [1.54, 1.807) is 41.5 Å². The predicted molar refractivity (Wildman–Crippen MR) is 80.0 cm³/mol. The van der Waals surface area contributed by atoms with Crippen molar-refractivity contribution in [3.63, 3.8) is 0 Å². The monoisotopic (exact) mass is 328 g/mol. The molecule has 0 heterocycles. The summed E-state index contributed by atoms with van der Waals surface area (Å²) in [5.41, 5.74) is 0. The predicted octanol–water partition coefficient (Wildman–Crippen LogP) is 4.77. The second-order valence-electron chi connectivity index (χ2n) is 5.06. The van der Waals surface area contributed by atoms with Crippen LogP contribution >= 0.6 is 15.2 Å². The lowest BCUT2D eigenvalue weighted by Gasteiger charge is -2.28. The van der Waals surface area contributed by atoms with Crippen molar-refractivity contribution in [3.8, 4) is 0 Å². The Hall–Kier alpha value is 0.0400. The van der Waals surface area contributed by atoms with Crippen LogP contribution in [-0.2, 0) is 27.2 Å². The Balaban J connectivity index is 5.51. The molecule has 0 amide bonds. The van der Waals surface area contributed by atoms with Crippen LogP contribution in [0.25, 0.3) is 0 Å². The maximum absolute atomic E-state index is 12.8. The first-order valence-electron chi connectivity index (χ1n) is 6.48. The molecule has 20 heavy (non-hydrogen) atoms. The van der Waals surface area contributed by atoms with Crippen LogP contribution in [0, 0.1) is 0 Å². The molecule has 0 rings (SSSR count). The Morgan fingerprint density at radius 2 is 1.10 bits per heavy atom. The standard InChI is InChI=1S/C12H26O6P2/c1-9(2)16-19(13,15-8)12(7)20(14,17-10(3)4)18-11(5)6/h9-11H,7H2,1-6,8H3. The molecule has 1 atom stereocenters. The number of hydrogen-bond donors (Lipinski definition) is 0. The molecule has 0 aromatic carbocycles. The lowest BCUT2D eigenvalue weighted by Crippen LogP contribution is -2.11. The van der Waals surface area contributed by atoms with Crippen LogP contribution in [-0.4, -0.2) is 25.4 Å². The van der Waals surface area contributed by atoms with Gasteiger partial charge >= 0.3 is 15.2 Å². The van der Waals surface area contributed by atoms with Crippen LogP contribution in [0.1, 0.15) is 41.5 Å². The van der Waals surface area contributed by atoms with Gasteiger partial charge in [-0.15, -0.1) is 0 Å². The minimum atomic E-state index is -3.82. The molecule has 0 aliphatic carbocycles. The van der Waals surface area contributed by atoms with Gasteiger partial charge in [-0.2, -0.15) is 0 Å². The maximum atomic E-state index is 12.8. The van der Waals surface area contributed by atoms with E-state index in [0.29, 0.717) is 0 Å². The third kappa shape index (κ3) is 5.80. The molecule has 6 nitrogen and oxygen atoms in total. The summed E-state index contributed by atoms with van der Waals surface area (Å²) in [6.45, 7) is 13.8. The zero-order chi connectivity index (χ0) is 16.1. The van der Waals surface area contributed by atoms with Gasteiger partial charge in [-0.25, -0.2) is 0 Å². The summed E-state index contributed by atoms with van der Waals surface area (Å²) in [6, 6.07) is 0. The van der Waals surface area contributed by atoms with E-state index in [4.69, 9.17) is 18.1 Å². The van der Waals surface area contributed by atoms with Crippen molar-refractivity contribution < 1.29 is 27.2 Å². The third-order valence-corrected chi connectivity index (χ3v) is 7.23. The van der Waals surface area contributed by atoms with E-state index in [9.17, 15) is 9.13 Å². The fourth-order valence-corrected chi connectivity index (χ4v) is 5.58. The molecule has 0 radical (unpaired) electrons. The molecule has 0 aliphatic heterocycles. The molecule has 0 fully saturated rings. The van der Waals surface area contributed by atoms with Gasteiger partial charge in [-0.05, 0) is 41.5 Å². The van der Waals surface area contributed by atoms with Gasteiger partial charge in [0.2, 0.25) is 0 Å². The van der Waals surface area contributed by atoms with Crippen molar-refractivity contribution in [2.45, 2.75) is 59.9 Å². The molecule has 0 N–H and O–H groups in total. The molecule has 0 aromatic rings. The number of hydrogen-bond acceptors (Lipinski definition) is 6. The van der Waals surface area contributed by atoms with Gasteiger partial charge in [0.15, 0.2) is 0 Å². The van der Waals surface area contributed by atoms with E-state index in [2.05, 4.69) is 6.58 Å². The highest BCUT2D eigenvalue weighted by atomic mass is 31.2. The van der Waals surface area contributed by atoms with Crippen molar-refractivity contribution in [2.75, 3.05) is 7.11 Å². The Morgan fingerprint density at radius 1 is 0.800 bits per heavy atom. The fourth-order valence-electron chi connectivity index (χ4n) is 1.34. The molecule has 0 aromatic heterocycles. The highest BCUT2D eigenvalue weighted by Crippen LogP contribution is 2.73. The smallest absolute Gasteiger partial charge is 0.308 e. The second-order valence-corrected chi connectivity index (χ2v) is 9.48. The average Bonchev–Trinajstić information content (AvgIpc) is 2.24. The molecule has 0 aliphatic rings. The topological polar surface area (TPSA) is 71.1 Å². The molecule has 0 saturated carbocycles. The van der Waals surface area contributed by atoms with Crippen molar-refractivity contribution in [2.24, 2.45) is 0 Å². The third-order valence-electron chi connectivity index (χ3n) is 1.92. The lowest BCUT2D eigenvalue weighted by molar-refractivity contribution is 0.146. The van der Waals surface area contributed by atoms with E-state index in [1.807, 2.05) is 0 Å². The summed E-state index contributed by atoms with van der Waals surface area (Å²) in [7, 11) is -6.40. The minimum absolute atomic E-state index is 0.274. The maximum Gasteiger partial charge on any atom is 0.369 e. The number of rotatable bonds is 9. The average molecular weight is 328 g/mol. The molecule has 0 spiro atoms. The molecule has 1 unspecified atom stereocenters.